The van der Waals surface area contributed by atoms with Gasteiger partial charge in [-0.1, -0.05) is 12.1 Å². The van der Waals surface area contributed by atoms with Gasteiger partial charge in [-0.3, -0.25) is 0 Å². The van der Waals surface area contributed by atoms with E-state index in [0.717, 1.165) is 17.1 Å². The zero-order chi connectivity index (χ0) is 17.4. The Labute approximate surface area is 142 Å². The second-order valence-electron chi connectivity index (χ2n) is 5.51. The minimum atomic E-state index is -0.283. The van der Waals surface area contributed by atoms with Gasteiger partial charge in [-0.25, -0.2) is 4.79 Å². The highest BCUT2D eigenvalue weighted by Gasteiger charge is 2.12. The molecule has 0 bridgehead atoms. The van der Waals surface area contributed by atoms with E-state index in [-0.39, 0.29) is 12.1 Å². The maximum atomic E-state index is 12.1. The summed E-state index contributed by atoms with van der Waals surface area (Å²) >= 11 is 0. The van der Waals surface area contributed by atoms with Gasteiger partial charge in [-0.15, -0.1) is 0 Å². The Morgan fingerprint density at radius 1 is 1.25 bits per heavy atom. The molecular weight excluding hydrogens is 308 g/mol. The molecule has 0 radical (unpaired) electrons. The number of carbonyl (C=O) groups is 1. The van der Waals surface area contributed by atoms with Crippen molar-refractivity contribution in [2.24, 2.45) is 0 Å². The van der Waals surface area contributed by atoms with E-state index in [9.17, 15) is 4.79 Å². The average Bonchev–Trinajstić information content (AvgIpc) is 2.98. The monoisotopic (exact) mass is 332 g/mol. The molecule has 24 heavy (non-hydrogen) atoms. The number of carbonyl (C=O) groups excluding carboxylic acids is 1. The summed E-state index contributed by atoms with van der Waals surface area (Å²) in [5, 5.41) is 5.67. The first-order valence-corrected chi connectivity index (χ1v) is 7.88. The molecule has 2 amide bonds. The van der Waals surface area contributed by atoms with Gasteiger partial charge in [0.2, 0.25) is 0 Å². The van der Waals surface area contributed by atoms with Crippen molar-refractivity contribution in [2.75, 3.05) is 25.6 Å². The van der Waals surface area contributed by atoms with Crippen LogP contribution < -0.4 is 10.6 Å². The fourth-order valence-electron chi connectivity index (χ4n) is 2.19. The number of nitrogens with one attached hydrogen (secondary N) is 2. The van der Waals surface area contributed by atoms with Crippen LogP contribution in [0, 0.1) is 6.92 Å². The van der Waals surface area contributed by atoms with Crippen LogP contribution in [-0.4, -0.2) is 26.4 Å². The molecule has 0 unspecified atom stereocenters. The minimum absolute atomic E-state index is 0.209. The van der Waals surface area contributed by atoms with Gasteiger partial charge >= 0.3 is 6.03 Å². The van der Waals surface area contributed by atoms with Crippen molar-refractivity contribution in [3.63, 3.8) is 0 Å². The fourth-order valence-corrected chi connectivity index (χ4v) is 2.19. The van der Waals surface area contributed by atoms with Crippen LogP contribution in [0.4, 0.5) is 10.5 Å². The molecule has 1 aromatic carbocycles. The molecule has 2 N–H and O–H groups in total. The lowest BCUT2D eigenvalue weighted by molar-refractivity contribution is 0.0617. The number of amides is 2. The molecule has 0 aliphatic carbocycles. The van der Waals surface area contributed by atoms with Crippen molar-refractivity contribution < 1.29 is 18.7 Å². The zero-order valence-corrected chi connectivity index (χ0v) is 14.3. The third-order valence-corrected chi connectivity index (χ3v) is 3.42. The number of methoxy groups -OCH3 is 1. The van der Waals surface area contributed by atoms with Gasteiger partial charge in [0.15, 0.2) is 0 Å². The van der Waals surface area contributed by atoms with Crippen LogP contribution in [-0.2, 0) is 16.1 Å². The Bertz CT molecular complexity index is 654. The Kier molecular flexibility index (Phi) is 6.84. The maximum Gasteiger partial charge on any atom is 0.319 e. The number of benzene rings is 1. The van der Waals surface area contributed by atoms with Gasteiger partial charge in [0, 0.05) is 12.8 Å². The molecule has 2 aromatic rings. The second kappa shape index (κ2) is 9.10. The number of rotatable bonds is 8. The van der Waals surface area contributed by atoms with Gasteiger partial charge in [0.1, 0.15) is 11.5 Å². The number of furan rings is 1. The molecule has 1 atom stereocenters. The maximum absolute atomic E-state index is 12.1. The number of hydrogen-bond acceptors (Lipinski definition) is 4. The van der Waals surface area contributed by atoms with Crippen LogP contribution in [0.5, 0.6) is 0 Å². The fraction of sp³-hybridized carbons (Fsp3) is 0.389. The number of anilines is 1. The van der Waals surface area contributed by atoms with E-state index in [4.69, 9.17) is 13.9 Å². The molecule has 0 saturated carbocycles. The van der Waals surface area contributed by atoms with Crippen molar-refractivity contribution in [3.8, 4) is 0 Å². The summed E-state index contributed by atoms with van der Waals surface area (Å²) in [5.41, 5.74) is 1.70. The summed E-state index contributed by atoms with van der Waals surface area (Å²) in [6, 6.07) is 10.8. The van der Waals surface area contributed by atoms with E-state index in [2.05, 4.69) is 10.6 Å². The second-order valence-corrected chi connectivity index (χ2v) is 5.51. The first kappa shape index (κ1) is 18.0. The lowest BCUT2D eigenvalue weighted by atomic mass is 10.2. The number of aryl methyl sites for hydroxylation is 1. The lowest BCUT2D eigenvalue weighted by Crippen LogP contribution is -2.31. The van der Waals surface area contributed by atoms with Gasteiger partial charge in [-0.05, 0) is 43.7 Å². The summed E-state index contributed by atoms with van der Waals surface area (Å²) in [4.78, 5) is 12.1. The molecule has 0 aliphatic rings. The van der Waals surface area contributed by atoms with Crippen LogP contribution in [0.3, 0.4) is 0 Å². The Morgan fingerprint density at radius 2 is 2.08 bits per heavy atom. The summed E-state index contributed by atoms with van der Waals surface area (Å²) < 4.78 is 15.9. The van der Waals surface area contributed by atoms with Crippen molar-refractivity contribution in [2.45, 2.75) is 26.5 Å². The standard InChI is InChI=1S/C18H24N2O4/c1-13-7-8-17(24-13)14(2)19-18(21)20-16-6-4-5-15(11-16)12-23-10-9-22-3/h4-8,11,14H,9-10,12H2,1-3H3,(H2,19,20,21)/t14-/m1/s1. The van der Waals surface area contributed by atoms with Crippen LogP contribution in [0.1, 0.15) is 30.0 Å². The molecule has 0 saturated heterocycles. The highest BCUT2D eigenvalue weighted by atomic mass is 16.5. The van der Waals surface area contributed by atoms with E-state index in [1.54, 1.807) is 7.11 Å². The van der Waals surface area contributed by atoms with Gasteiger partial charge in [0.05, 0.1) is 25.9 Å². The third-order valence-electron chi connectivity index (χ3n) is 3.42. The van der Waals surface area contributed by atoms with Gasteiger partial charge in [-0.2, -0.15) is 0 Å². The van der Waals surface area contributed by atoms with Crippen molar-refractivity contribution in [1.29, 1.82) is 0 Å². The highest BCUT2D eigenvalue weighted by molar-refractivity contribution is 5.89. The molecule has 130 valence electrons. The average molecular weight is 332 g/mol. The SMILES string of the molecule is COCCOCc1cccc(NC(=O)N[C@H](C)c2ccc(C)o2)c1. The summed E-state index contributed by atoms with van der Waals surface area (Å²) in [6.07, 6.45) is 0. The molecule has 0 spiro atoms. The number of urea groups is 1. The van der Waals surface area contributed by atoms with Crippen molar-refractivity contribution in [1.82, 2.24) is 5.32 Å². The van der Waals surface area contributed by atoms with Crippen LogP contribution in [0.15, 0.2) is 40.8 Å². The minimum Gasteiger partial charge on any atom is -0.464 e. The van der Waals surface area contributed by atoms with E-state index >= 15 is 0 Å². The Balaban J connectivity index is 1.84. The molecule has 0 fully saturated rings. The van der Waals surface area contributed by atoms with E-state index < -0.39 is 0 Å². The zero-order valence-electron chi connectivity index (χ0n) is 14.3. The Hall–Kier alpha value is -2.31. The summed E-state index contributed by atoms with van der Waals surface area (Å²) in [6.45, 7) is 5.32. The quantitative estimate of drug-likeness (QED) is 0.724. The lowest BCUT2D eigenvalue weighted by Gasteiger charge is -2.13. The smallest absolute Gasteiger partial charge is 0.319 e. The van der Waals surface area contributed by atoms with Crippen LogP contribution in [0.2, 0.25) is 0 Å². The molecule has 1 heterocycles. The third kappa shape index (κ3) is 5.72. The molecule has 1 aromatic heterocycles. The summed E-state index contributed by atoms with van der Waals surface area (Å²) in [7, 11) is 1.64. The largest absolute Gasteiger partial charge is 0.464 e. The normalized spacial score (nSPS) is 12.0. The van der Waals surface area contributed by atoms with E-state index in [0.29, 0.717) is 25.5 Å². The molecule has 0 aliphatic heterocycles. The molecule has 2 rings (SSSR count). The van der Waals surface area contributed by atoms with Crippen LogP contribution >= 0.6 is 0 Å². The molecule has 6 heteroatoms. The first-order chi connectivity index (χ1) is 11.6. The van der Waals surface area contributed by atoms with Crippen LogP contribution in [0.25, 0.3) is 0 Å². The van der Waals surface area contributed by atoms with Gasteiger partial charge < -0.3 is 24.5 Å². The van der Waals surface area contributed by atoms with E-state index in [1.165, 1.54) is 0 Å². The van der Waals surface area contributed by atoms with E-state index in [1.807, 2.05) is 50.2 Å². The first-order valence-electron chi connectivity index (χ1n) is 7.88. The molecular formula is C18H24N2O4. The predicted octanol–water partition coefficient (Wildman–Crippen LogP) is 3.63. The number of hydrogen-bond donors (Lipinski definition) is 2. The van der Waals surface area contributed by atoms with Crippen molar-refractivity contribution >= 4 is 11.7 Å². The number of ether oxygens (including phenoxy) is 2. The predicted molar refractivity (Wildman–Crippen MR) is 92.0 cm³/mol. The topological polar surface area (TPSA) is 72.7 Å². The highest BCUT2D eigenvalue weighted by Crippen LogP contribution is 2.16. The van der Waals surface area contributed by atoms with Gasteiger partial charge in [0.25, 0.3) is 0 Å². The Morgan fingerprint density at radius 3 is 2.79 bits per heavy atom. The van der Waals surface area contributed by atoms with Crippen molar-refractivity contribution in [3.05, 3.63) is 53.5 Å². The summed E-state index contributed by atoms with van der Waals surface area (Å²) in [5.74, 6) is 1.54. The molecule has 6 nitrogen and oxygen atoms in total.